The Balaban J connectivity index is 0.000000142. The van der Waals surface area contributed by atoms with Gasteiger partial charge in [0.2, 0.25) is 5.91 Å². The number of carbonyl (C=O) groups is 5. The molecule has 0 spiro atoms. The van der Waals surface area contributed by atoms with E-state index < -0.39 is 23.6 Å². The highest BCUT2D eigenvalue weighted by molar-refractivity contribution is 6.52. The highest BCUT2D eigenvalue weighted by atomic mass is 35.5. The largest absolute Gasteiger partial charge is 0.463 e. The summed E-state index contributed by atoms with van der Waals surface area (Å²) in [5.41, 5.74) is 10.8. The van der Waals surface area contributed by atoms with Crippen LogP contribution in [0.1, 0.15) is 27.0 Å². The number of ether oxygens (including phenoxy) is 1. The van der Waals surface area contributed by atoms with Crippen LogP contribution in [-0.2, 0) is 30.3 Å². The Morgan fingerprint density at radius 3 is 1.88 bits per heavy atom. The molecule has 0 atom stereocenters. The van der Waals surface area contributed by atoms with Gasteiger partial charge >= 0.3 is 5.97 Å². The number of hydrogen-bond acceptors (Lipinski definition) is 6. The average Bonchev–Trinajstić information content (AvgIpc) is 3.98. The molecular weight excluding hydrogens is 850 g/mol. The smallest absolute Gasteiger partial charge is 0.379 e. The number of para-hydroxylation sites is 2. The molecule has 1 aliphatic rings. The number of halogens is 5. The molecule has 0 unspecified atom stereocenters. The van der Waals surface area contributed by atoms with E-state index in [2.05, 4.69) is 30.0 Å². The highest BCUT2D eigenvalue weighted by Gasteiger charge is 2.36. The molecule has 4 aromatic carbocycles. The number of methoxy groups -OCH3 is 1. The molecule has 0 saturated carbocycles. The van der Waals surface area contributed by atoms with Gasteiger partial charge in [0.1, 0.15) is 15.5 Å². The Hall–Kier alpha value is -6.02. The van der Waals surface area contributed by atoms with Crippen LogP contribution in [0.2, 0.25) is 25.5 Å². The van der Waals surface area contributed by atoms with E-state index in [1.807, 2.05) is 48.5 Å². The van der Waals surface area contributed by atoms with Crippen LogP contribution in [0.4, 0.5) is 0 Å². The third kappa shape index (κ3) is 7.68. The van der Waals surface area contributed by atoms with Crippen molar-refractivity contribution in [2.75, 3.05) is 7.11 Å². The van der Waals surface area contributed by atoms with Crippen LogP contribution in [0.25, 0.3) is 54.8 Å². The lowest BCUT2D eigenvalue weighted by molar-refractivity contribution is -0.135. The number of esters is 1. The maximum atomic E-state index is 12.7. The maximum absolute atomic E-state index is 12.7. The molecule has 292 valence electrons. The standard InChI is InChI=1S/C20H11Cl2N3O2.C11H7Cl2NO3.C10H9ClN2O/c21-9-5-6-11-14(7-9)24-18(22)15(11)17-16(19(26)25-20(17)27)12-8-23-13-4-2-1-3-10(12)13;1-17-11(16)9(15)8-6-3-2-5(12)4-7(6)14-10(8)13;11-10-7(5-9(12)14)6-3-1-2-4-8(6)13-10/h1-8,23-24H,(H,25,26,27);2-4,14H,1H3;1-4,13H,5H2,(H2,12,14). The summed E-state index contributed by atoms with van der Waals surface area (Å²) in [6, 6.07) is 25.3. The number of amides is 3. The number of aromatic nitrogens is 4. The van der Waals surface area contributed by atoms with Gasteiger partial charge in [0.15, 0.2) is 0 Å². The van der Waals surface area contributed by atoms with Crippen LogP contribution in [-0.4, -0.2) is 56.5 Å². The molecule has 1 aliphatic heterocycles. The van der Waals surface area contributed by atoms with Crippen molar-refractivity contribution in [1.82, 2.24) is 25.3 Å². The molecule has 0 aliphatic carbocycles. The number of nitrogens with two attached hydrogens (primary N) is 1. The first-order valence-corrected chi connectivity index (χ1v) is 18.9. The molecule has 12 nitrogen and oxygen atoms in total. The van der Waals surface area contributed by atoms with Crippen LogP contribution in [0.15, 0.2) is 91.1 Å². The number of carbonyl (C=O) groups excluding carboxylic acids is 5. The Morgan fingerprint density at radius 1 is 0.638 bits per heavy atom. The van der Waals surface area contributed by atoms with Gasteiger partial charge in [0.05, 0.1) is 30.2 Å². The number of ketones is 1. The van der Waals surface area contributed by atoms with E-state index >= 15 is 0 Å². The Kier molecular flexibility index (Phi) is 11.4. The van der Waals surface area contributed by atoms with Crippen molar-refractivity contribution < 1.29 is 28.7 Å². The second-order valence-corrected chi connectivity index (χ2v) is 14.7. The van der Waals surface area contributed by atoms with Gasteiger partial charge in [-0.25, -0.2) is 4.79 Å². The fourth-order valence-electron chi connectivity index (χ4n) is 6.68. The van der Waals surface area contributed by atoms with Gasteiger partial charge in [-0.05, 0) is 36.4 Å². The van der Waals surface area contributed by atoms with Gasteiger partial charge in [-0.3, -0.25) is 24.5 Å². The molecule has 3 amide bonds. The molecule has 0 bridgehead atoms. The van der Waals surface area contributed by atoms with Gasteiger partial charge in [0, 0.05) is 76.5 Å². The Bertz CT molecular complexity index is 3030. The van der Waals surface area contributed by atoms with Crippen molar-refractivity contribution in [1.29, 1.82) is 0 Å². The van der Waals surface area contributed by atoms with Crippen LogP contribution >= 0.6 is 58.0 Å². The molecule has 8 aromatic rings. The number of H-pyrrole nitrogens is 4. The highest BCUT2D eigenvalue weighted by Crippen LogP contribution is 2.41. The lowest BCUT2D eigenvalue weighted by Gasteiger charge is -2.04. The fraction of sp³-hybridized carbons (Fsp3) is 0.0488. The number of rotatable bonds is 6. The number of primary amides is 1. The third-order valence-corrected chi connectivity index (χ3v) is 10.5. The van der Waals surface area contributed by atoms with Gasteiger partial charge in [-0.1, -0.05) is 107 Å². The van der Waals surface area contributed by atoms with Crippen LogP contribution < -0.4 is 11.1 Å². The lowest BCUT2D eigenvalue weighted by atomic mass is 9.95. The lowest BCUT2D eigenvalue weighted by Crippen LogP contribution is -2.22. The van der Waals surface area contributed by atoms with Crippen LogP contribution in [0.5, 0.6) is 0 Å². The number of fused-ring (bicyclic) bond motifs is 4. The zero-order chi connectivity index (χ0) is 41.4. The van der Waals surface area contributed by atoms with Crippen molar-refractivity contribution in [2.45, 2.75) is 6.42 Å². The molecule has 0 fully saturated rings. The zero-order valence-corrected chi connectivity index (χ0v) is 33.6. The van der Waals surface area contributed by atoms with E-state index in [4.69, 9.17) is 63.7 Å². The van der Waals surface area contributed by atoms with Crippen molar-refractivity contribution in [3.8, 4) is 0 Å². The SMILES string of the molecule is COC(=O)C(=O)c1c(Cl)[nH]c2cc(Cl)ccc12.NC(=O)Cc1c(Cl)[nH]c2ccccc12.O=C1NC(=O)C(c2c(Cl)[nH]c3cc(Cl)ccc23)=C1c1c[nH]c2ccccc12. The summed E-state index contributed by atoms with van der Waals surface area (Å²) in [5.74, 6) is -3.04. The second kappa shape index (κ2) is 16.5. The fourth-order valence-corrected chi connectivity index (χ4v) is 7.88. The van der Waals surface area contributed by atoms with E-state index in [9.17, 15) is 24.0 Å². The molecule has 0 saturated heterocycles. The number of imide groups is 1. The molecule has 9 rings (SSSR count). The van der Waals surface area contributed by atoms with Gasteiger partial charge in [0.25, 0.3) is 17.6 Å². The summed E-state index contributed by atoms with van der Waals surface area (Å²) in [6.45, 7) is 0. The third-order valence-electron chi connectivity index (χ3n) is 9.18. The normalized spacial score (nSPS) is 12.4. The van der Waals surface area contributed by atoms with Crippen molar-refractivity contribution in [2.24, 2.45) is 5.73 Å². The topological polar surface area (TPSA) is 196 Å². The van der Waals surface area contributed by atoms with Gasteiger partial charge in [-0.2, -0.15) is 0 Å². The first-order valence-electron chi connectivity index (χ1n) is 17.0. The van der Waals surface area contributed by atoms with Crippen molar-refractivity contribution in [3.05, 3.63) is 139 Å². The van der Waals surface area contributed by atoms with Crippen LogP contribution in [0.3, 0.4) is 0 Å². The number of aromatic amines is 4. The Labute approximate surface area is 352 Å². The quantitative estimate of drug-likeness (QED) is 0.0417. The van der Waals surface area contributed by atoms with Crippen molar-refractivity contribution in [3.63, 3.8) is 0 Å². The minimum absolute atomic E-state index is 0.0951. The first kappa shape index (κ1) is 40.2. The summed E-state index contributed by atoms with van der Waals surface area (Å²) in [5, 5.41) is 7.39. The molecule has 5 heterocycles. The minimum atomic E-state index is -0.956. The van der Waals surface area contributed by atoms with E-state index in [0.717, 1.165) is 39.9 Å². The molecular formula is C41H27Cl5N6O6. The molecule has 17 heteroatoms. The van der Waals surface area contributed by atoms with Crippen molar-refractivity contribution >= 4 is 142 Å². The zero-order valence-electron chi connectivity index (χ0n) is 29.8. The molecule has 58 heavy (non-hydrogen) atoms. The van der Waals surface area contributed by atoms with E-state index in [1.165, 1.54) is 0 Å². The Morgan fingerprint density at radius 2 is 1.21 bits per heavy atom. The second-order valence-electron chi connectivity index (χ2n) is 12.7. The summed E-state index contributed by atoms with van der Waals surface area (Å²) in [7, 11) is 1.14. The maximum Gasteiger partial charge on any atom is 0.379 e. The summed E-state index contributed by atoms with van der Waals surface area (Å²) < 4.78 is 4.38. The predicted molar refractivity (Wildman–Crippen MR) is 227 cm³/mol. The van der Waals surface area contributed by atoms with E-state index in [-0.39, 0.29) is 33.8 Å². The monoisotopic (exact) mass is 874 g/mol. The molecule has 4 aromatic heterocycles. The number of benzene rings is 4. The number of hydrogen-bond donors (Lipinski definition) is 6. The molecule has 7 N–H and O–H groups in total. The van der Waals surface area contributed by atoms with Gasteiger partial charge in [-0.15, -0.1) is 0 Å². The summed E-state index contributed by atoms with van der Waals surface area (Å²) >= 11 is 30.1. The summed E-state index contributed by atoms with van der Waals surface area (Å²) in [4.78, 5) is 71.0. The van der Waals surface area contributed by atoms with E-state index in [0.29, 0.717) is 48.3 Å². The number of nitrogens with one attached hydrogen (secondary N) is 5. The minimum Gasteiger partial charge on any atom is -0.463 e. The first-order chi connectivity index (χ1) is 27.8. The molecule has 0 radical (unpaired) electrons. The summed E-state index contributed by atoms with van der Waals surface area (Å²) in [6.07, 6.45) is 1.90. The van der Waals surface area contributed by atoms with E-state index in [1.54, 1.807) is 42.6 Å². The number of Topliss-reactive ketones (excluding diaryl/α,β-unsaturated/α-hetero) is 1. The van der Waals surface area contributed by atoms with Gasteiger partial charge < -0.3 is 30.4 Å². The van der Waals surface area contributed by atoms with Crippen LogP contribution in [0, 0.1) is 0 Å². The predicted octanol–water partition coefficient (Wildman–Crippen LogP) is 9.20. The average molecular weight is 877 g/mol.